The highest BCUT2D eigenvalue weighted by atomic mass is 16.5. The van der Waals surface area contributed by atoms with E-state index in [1.807, 2.05) is 66.7 Å². The van der Waals surface area contributed by atoms with Crippen molar-refractivity contribution in [2.45, 2.75) is 6.61 Å². The van der Waals surface area contributed by atoms with E-state index < -0.39 is 6.09 Å². The van der Waals surface area contributed by atoms with Crippen LogP contribution in [0.3, 0.4) is 0 Å². The summed E-state index contributed by atoms with van der Waals surface area (Å²) in [6.07, 6.45) is 3.31. The third-order valence-electron chi connectivity index (χ3n) is 2.94. The molecule has 2 aromatic carbocycles. The molecule has 5 heteroatoms. The molecule has 0 aliphatic rings. The second-order valence-electron chi connectivity index (χ2n) is 4.61. The Balaban J connectivity index is 1.71. The molecule has 0 fully saturated rings. The second kappa shape index (κ2) is 8.49. The van der Waals surface area contributed by atoms with Crippen molar-refractivity contribution in [3.05, 3.63) is 71.8 Å². The smallest absolute Gasteiger partial charge is 0.407 e. The number of alkyl carbamates (subject to hydrolysis) is 1. The lowest BCUT2D eigenvalue weighted by Crippen LogP contribution is -2.24. The molecule has 0 saturated heterocycles. The Morgan fingerprint density at radius 2 is 1.95 bits per heavy atom. The summed E-state index contributed by atoms with van der Waals surface area (Å²) in [5.74, 6) is 5.35. The summed E-state index contributed by atoms with van der Waals surface area (Å²) in [6, 6.07) is 17.2. The highest BCUT2D eigenvalue weighted by Gasteiger charge is 2.00. The predicted octanol–water partition coefficient (Wildman–Crippen LogP) is 2.91. The largest absolute Gasteiger partial charge is 0.445 e. The monoisotopic (exact) mass is 297 g/mol. The third-order valence-corrected chi connectivity index (χ3v) is 2.94. The van der Waals surface area contributed by atoms with Gasteiger partial charge in [0.2, 0.25) is 0 Å². The minimum atomic E-state index is -0.439. The van der Waals surface area contributed by atoms with Crippen molar-refractivity contribution in [3.63, 3.8) is 0 Å². The molecule has 0 aliphatic carbocycles. The molecule has 4 N–H and O–H groups in total. The van der Waals surface area contributed by atoms with Crippen LogP contribution in [0.15, 0.2) is 60.7 Å². The number of anilines is 1. The van der Waals surface area contributed by atoms with Crippen molar-refractivity contribution in [2.75, 3.05) is 12.0 Å². The molecule has 0 spiro atoms. The Kier molecular flexibility index (Phi) is 6.02. The van der Waals surface area contributed by atoms with Crippen molar-refractivity contribution in [1.82, 2.24) is 5.32 Å². The van der Waals surface area contributed by atoms with Gasteiger partial charge < -0.3 is 15.5 Å². The summed E-state index contributed by atoms with van der Waals surface area (Å²) < 4.78 is 5.11. The minimum absolute atomic E-state index is 0.264. The van der Waals surface area contributed by atoms with Crippen LogP contribution in [0.4, 0.5) is 10.5 Å². The van der Waals surface area contributed by atoms with Gasteiger partial charge in [-0.3, -0.25) is 5.84 Å². The molecule has 0 bridgehead atoms. The van der Waals surface area contributed by atoms with Gasteiger partial charge in [-0.05, 0) is 23.3 Å². The highest BCUT2D eigenvalue weighted by Crippen LogP contribution is 2.10. The zero-order chi connectivity index (χ0) is 15.6. The summed E-state index contributed by atoms with van der Waals surface area (Å²) >= 11 is 0. The number of nitrogen functional groups attached to an aromatic ring is 1. The maximum Gasteiger partial charge on any atom is 0.407 e. The van der Waals surface area contributed by atoms with E-state index in [-0.39, 0.29) is 6.61 Å². The maximum absolute atomic E-state index is 11.5. The summed E-state index contributed by atoms with van der Waals surface area (Å²) in [5.41, 5.74) is 5.37. The zero-order valence-electron chi connectivity index (χ0n) is 12.2. The van der Waals surface area contributed by atoms with Gasteiger partial charge in [0.05, 0.1) is 0 Å². The molecular formula is C17H19N3O2. The molecule has 2 aromatic rings. The lowest BCUT2D eigenvalue weighted by Gasteiger charge is -2.05. The second-order valence-corrected chi connectivity index (χ2v) is 4.61. The van der Waals surface area contributed by atoms with Gasteiger partial charge in [0.1, 0.15) is 6.61 Å². The van der Waals surface area contributed by atoms with Crippen molar-refractivity contribution in [3.8, 4) is 0 Å². The van der Waals surface area contributed by atoms with Crippen LogP contribution in [0, 0.1) is 0 Å². The predicted molar refractivity (Wildman–Crippen MR) is 87.9 cm³/mol. The quantitative estimate of drug-likeness (QED) is 0.566. The van der Waals surface area contributed by atoms with Gasteiger partial charge in [-0.25, -0.2) is 4.79 Å². The number of amides is 1. The number of carbonyl (C=O) groups excluding carboxylic acids is 1. The molecule has 22 heavy (non-hydrogen) atoms. The first-order valence-corrected chi connectivity index (χ1v) is 6.96. The number of hydrogen-bond donors (Lipinski definition) is 3. The van der Waals surface area contributed by atoms with Gasteiger partial charge in [-0.2, -0.15) is 0 Å². The fraction of sp³-hybridized carbons (Fsp3) is 0.118. The Morgan fingerprint density at radius 3 is 2.73 bits per heavy atom. The Labute approximate surface area is 129 Å². The molecule has 0 saturated carbocycles. The SMILES string of the molecule is NNc1cccc(C=CCNC(=O)OCc2ccccc2)c1. The number of carbonyl (C=O) groups is 1. The standard InChI is InChI=1S/C17H19N3O2/c18-20-16-10-4-8-14(12-16)9-5-11-19-17(21)22-13-15-6-2-1-3-7-15/h1-10,12,20H,11,13,18H2,(H,19,21). The van der Waals surface area contributed by atoms with Crippen LogP contribution in [0.5, 0.6) is 0 Å². The molecule has 0 aliphatic heterocycles. The van der Waals surface area contributed by atoms with Gasteiger partial charge in [-0.1, -0.05) is 54.6 Å². The van der Waals surface area contributed by atoms with E-state index in [1.165, 1.54) is 0 Å². The molecule has 5 nitrogen and oxygen atoms in total. The van der Waals surface area contributed by atoms with E-state index in [2.05, 4.69) is 10.7 Å². The molecule has 114 valence electrons. The molecule has 0 heterocycles. The maximum atomic E-state index is 11.5. The van der Waals surface area contributed by atoms with E-state index >= 15 is 0 Å². The minimum Gasteiger partial charge on any atom is -0.445 e. The van der Waals surface area contributed by atoms with Crippen molar-refractivity contribution in [1.29, 1.82) is 0 Å². The molecule has 0 atom stereocenters. The Bertz CT molecular complexity index is 627. The van der Waals surface area contributed by atoms with E-state index in [1.54, 1.807) is 0 Å². The van der Waals surface area contributed by atoms with Crippen molar-refractivity contribution < 1.29 is 9.53 Å². The average molecular weight is 297 g/mol. The fourth-order valence-corrected chi connectivity index (χ4v) is 1.84. The summed E-state index contributed by atoms with van der Waals surface area (Å²) in [5, 5.41) is 2.66. The first-order valence-electron chi connectivity index (χ1n) is 6.96. The van der Waals surface area contributed by atoms with Crippen LogP contribution in [0.2, 0.25) is 0 Å². The zero-order valence-corrected chi connectivity index (χ0v) is 12.2. The fourth-order valence-electron chi connectivity index (χ4n) is 1.84. The normalized spacial score (nSPS) is 10.4. The lowest BCUT2D eigenvalue weighted by atomic mass is 10.2. The van der Waals surface area contributed by atoms with Gasteiger partial charge in [0.15, 0.2) is 0 Å². The van der Waals surface area contributed by atoms with Crippen LogP contribution in [0.1, 0.15) is 11.1 Å². The Morgan fingerprint density at radius 1 is 1.14 bits per heavy atom. The molecule has 2 rings (SSSR count). The topological polar surface area (TPSA) is 76.4 Å². The number of ether oxygens (including phenoxy) is 1. The van der Waals surface area contributed by atoms with Crippen LogP contribution < -0.4 is 16.6 Å². The highest BCUT2D eigenvalue weighted by molar-refractivity contribution is 5.67. The number of rotatable bonds is 6. The summed E-state index contributed by atoms with van der Waals surface area (Å²) in [4.78, 5) is 11.5. The third kappa shape index (κ3) is 5.30. The van der Waals surface area contributed by atoms with Gasteiger partial charge in [0.25, 0.3) is 0 Å². The number of nitrogens with one attached hydrogen (secondary N) is 2. The average Bonchev–Trinajstić information content (AvgIpc) is 2.58. The number of benzene rings is 2. The summed E-state index contributed by atoms with van der Waals surface area (Å²) in [6.45, 7) is 0.661. The van der Waals surface area contributed by atoms with E-state index in [0.29, 0.717) is 6.54 Å². The number of nitrogens with two attached hydrogens (primary N) is 1. The van der Waals surface area contributed by atoms with Gasteiger partial charge in [-0.15, -0.1) is 0 Å². The van der Waals surface area contributed by atoms with Crippen LogP contribution in [-0.2, 0) is 11.3 Å². The van der Waals surface area contributed by atoms with Crippen LogP contribution in [-0.4, -0.2) is 12.6 Å². The summed E-state index contributed by atoms with van der Waals surface area (Å²) in [7, 11) is 0. The van der Waals surface area contributed by atoms with Crippen LogP contribution >= 0.6 is 0 Å². The molecule has 0 unspecified atom stereocenters. The first-order chi connectivity index (χ1) is 10.8. The van der Waals surface area contributed by atoms with Gasteiger partial charge >= 0.3 is 6.09 Å². The van der Waals surface area contributed by atoms with Gasteiger partial charge in [0, 0.05) is 12.2 Å². The van der Waals surface area contributed by atoms with Crippen molar-refractivity contribution in [2.24, 2.45) is 5.84 Å². The van der Waals surface area contributed by atoms with Crippen LogP contribution in [0.25, 0.3) is 6.08 Å². The molecule has 0 radical (unpaired) electrons. The lowest BCUT2D eigenvalue weighted by molar-refractivity contribution is 0.141. The first kappa shape index (κ1) is 15.6. The number of hydrogen-bond acceptors (Lipinski definition) is 4. The molecule has 1 amide bonds. The van der Waals surface area contributed by atoms with E-state index in [0.717, 1.165) is 16.8 Å². The Hall–Kier alpha value is -2.79. The van der Waals surface area contributed by atoms with E-state index in [9.17, 15) is 4.79 Å². The molecular weight excluding hydrogens is 278 g/mol. The molecule has 0 aromatic heterocycles. The number of hydrazine groups is 1. The van der Waals surface area contributed by atoms with Crippen molar-refractivity contribution >= 4 is 17.9 Å². The van der Waals surface area contributed by atoms with E-state index in [4.69, 9.17) is 10.6 Å².